The smallest absolute Gasteiger partial charge is 0.138 e. The van der Waals surface area contributed by atoms with E-state index in [2.05, 4.69) is 21.9 Å². The van der Waals surface area contributed by atoms with Crippen LogP contribution in [0.1, 0.15) is 29.5 Å². The minimum Gasteiger partial charge on any atom is -0.361 e. The minimum atomic E-state index is -0.534. The Balaban J connectivity index is 1.61. The van der Waals surface area contributed by atoms with Crippen molar-refractivity contribution in [2.75, 3.05) is 19.6 Å². The molecule has 0 N–H and O–H groups in total. The van der Waals surface area contributed by atoms with Gasteiger partial charge in [0.15, 0.2) is 0 Å². The van der Waals surface area contributed by atoms with Crippen molar-refractivity contribution >= 4 is 0 Å². The lowest BCUT2D eigenvalue weighted by molar-refractivity contribution is 0.0721. The van der Waals surface area contributed by atoms with Crippen LogP contribution in [0.3, 0.4) is 0 Å². The fourth-order valence-electron chi connectivity index (χ4n) is 3.27. The fourth-order valence-corrected chi connectivity index (χ4v) is 3.27. The Morgan fingerprint density at radius 3 is 2.62 bits per heavy atom. The Morgan fingerprint density at radius 1 is 1.21 bits per heavy atom. The average Bonchev–Trinajstić information content (AvgIpc) is 2.84. The second-order valence-electron chi connectivity index (χ2n) is 6.59. The Bertz CT molecular complexity index is 697. The number of piperazine rings is 1. The molecular weight excluding hydrogens is 312 g/mol. The van der Waals surface area contributed by atoms with Gasteiger partial charge in [-0.3, -0.25) is 9.80 Å². The molecule has 0 bridgehead atoms. The molecule has 130 valence electrons. The molecule has 0 saturated carbocycles. The second kappa shape index (κ2) is 6.99. The van der Waals surface area contributed by atoms with Crippen molar-refractivity contribution < 1.29 is 13.3 Å². The molecule has 0 aliphatic carbocycles. The van der Waals surface area contributed by atoms with Crippen LogP contribution in [-0.4, -0.2) is 40.6 Å². The van der Waals surface area contributed by atoms with Crippen molar-refractivity contribution in [1.29, 1.82) is 0 Å². The van der Waals surface area contributed by atoms with Gasteiger partial charge < -0.3 is 4.52 Å². The number of halogens is 2. The fraction of sp³-hybridized carbons (Fsp3) is 0.500. The predicted molar refractivity (Wildman–Crippen MR) is 87.5 cm³/mol. The van der Waals surface area contributed by atoms with Crippen LogP contribution < -0.4 is 0 Å². The zero-order valence-corrected chi connectivity index (χ0v) is 14.4. The summed E-state index contributed by atoms with van der Waals surface area (Å²) in [7, 11) is 0. The number of aromatic nitrogens is 1. The van der Waals surface area contributed by atoms with Crippen LogP contribution in [0.2, 0.25) is 0 Å². The molecular formula is C18H23F2N3O. The molecule has 1 atom stereocenters. The summed E-state index contributed by atoms with van der Waals surface area (Å²) >= 11 is 0. The van der Waals surface area contributed by atoms with E-state index in [4.69, 9.17) is 4.52 Å². The maximum Gasteiger partial charge on any atom is 0.138 e. The van der Waals surface area contributed by atoms with Gasteiger partial charge in [-0.1, -0.05) is 11.2 Å². The van der Waals surface area contributed by atoms with Gasteiger partial charge in [-0.15, -0.1) is 0 Å². The van der Waals surface area contributed by atoms with E-state index in [1.807, 2.05) is 13.8 Å². The summed E-state index contributed by atoms with van der Waals surface area (Å²) in [5, 5.41) is 4.00. The third kappa shape index (κ3) is 3.65. The highest BCUT2D eigenvalue weighted by Gasteiger charge is 2.25. The Labute approximate surface area is 141 Å². The first-order chi connectivity index (χ1) is 11.4. The minimum absolute atomic E-state index is 0.295. The summed E-state index contributed by atoms with van der Waals surface area (Å²) in [6.45, 7) is 10.0. The van der Waals surface area contributed by atoms with Crippen LogP contribution in [-0.2, 0) is 13.1 Å². The van der Waals surface area contributed by atoms with E-state index in [0.717, 1.165) is 49.3 Å². The Morgan fingerprint density at radius 2 is 2.00 bits per heavy atom. The third-order valence-electron chi connectivity index (χ3n) is 4.80. The van der Waals surface area contributed by atoms with Gasteiger partial charge in [-0.25, -0.2) is 8.78 Å². The molecule has 2 aromatic rings. The van der Waals surface area contributed by atoms with E-state index in [-0.39, 0.29) is 0 Å². The molecule has 0 radical (unpaired) electrons. The number of nitrogens with zero attached hydrogens (tertiary/aromatic N) is 3. The number of hydrogen-bond acceptors (Lipinski definition) is 4. The summed E-state index contributed by atoms with van der Waals surface area (Å²) in [4.78, 5) is 4.61. The van der Waals surface area contributed by atoms with Gasteiger partial charge in [0, 0.05) is 56.0 Å². The van der Waals surface area contributed by atoms with Gasteiger partial charge in [0.2, 0.25) is 0 Å². The predicted octanol–water partition coefficient (Wildman–Crippen LogP) is 3.28. The normalized spacial score (nSPS) is 19.8. The van der Waals surface area contributed by atoms with Crippen molar-refractivity contribution in [1.82, 2.24) is 15.0 Å². The zero-order chi connectivity index (χ0) is 17.3. The van der Waals surface area contributed by atoms with Crippen molar-refractivity contribution in [3.8, 4) is 0 Å². The highest BCUT2D eigenvalue weighted by Crippen LogP contribution is 2.20. The number of benzene rings is 1. The third-order valence-corrected chi connectivity index (χ3v) is 4.80. The van der Waals surface area contributed by atoms with E-state index in [1.165, 1.54) is 12.1 Å². The molecule has 1 aliphatic rings. The molecule has 1 fully saturated rings. The van der Waals surface area contributed by atoms with Gasteiger partial charge in [0.1, 0.15) is 17.4 Å². The van der Waals surface area contributed by atoms with Gasteiger partial charge >= 0.3 is 0 Å². The first-order valence-corrected chi connectivity index (χ1v) is 8.26. The molecule has 0 spiro atoms. The van der Waals surface area contributed by atoms with Crippen LogP contribution in [0.4, 0.5) is 8.78 Å². The summed E-state index contributed by atoms with van der Waals surface area (Å²) in [5.74, 6) is -0.134. The Kier molecular flexibility index (Phi) is 4.96. The molecule has 24 heavy (non-hydrogen) atoms. The molecule has 1 aromatic heterocycles. The van der Waals surface area contributed by atoms with Crippen molar-refractivity contribution in [3.63, 3.8) is 0 Å². The molecule has 6 heteroatoms. The average molecular weight is 335 g/mol. The lowest BCUT2D eigenvalue weighted by atomic mass is 10.1. The molecule has 1 aromatic carbocycles. The van der Waals surface area contributed by atoms with E-state index >= 15 is 0 Å². The van der Waals surface area contributed by atoms with E-state index in [9.17, 15) is 8.78 Å². The van der Waals surface area contributed by atoms with E-state index in [0.29, 0.717) is 18.2 Å². The van der Waals surface area contributed by atoms with Crippen LogP contribution in [0, 0.1) is 25.5 Å². The molecule has 2 heterocycles. The molecule has 1 aliphatic heterocycles. The summed E-state index contributed by atoms with van der Waals surface area (Å²) in [6, 6.07) is 4.10. The summed E-state index contributed by atoms with van der Waals surface area (Å²) in [6.07, 6.45) is 0. The maximum atomic E-state index is 13.9. The SMILES string of the molecule is Cc1noc(C)c1CN1CCN(Cc2ccc(F)cc2F)C(C)C1. The largest absolute Gasteiger partial charge is 0.361 e. The van der Waals surface area contributed by atoms with Gasteiger partial charge in [0.05, 0.1) is 5.69 Å². The zero-order valence-electron chi connectivity index (χ0n) is 14.4. The first-order valence-electron chi connectivity index (χ1n) is 8.26. The van der Waals surface area contributed by atoms with Gasteiger partial charge in [-0.2, -0.15) is 0 Å². The van der Waals surface area contributed by atoms with E-state index in [1.54, 1.807) is 0 Å². The van der Waals surface area contributed by atoms with Crippen molar-refractivity contribution in [2.45, 2.75) is 39.9 Å². The van der Waals surface area contributed by atoms with Crippen LogP contribution in [0.15, 0.2) is 22.7 Å². The van der Waals surface area contributed by atoms with Crippen LogP contribution in [0.25, 0.3) is 0 Å². The van der Waals surface area contributed by atoms with Crippen LogP contribution >= 0.6 is 0 Å². The quantitative estimate of drug-likeness (QED) is 0.858. The van der Waals surface area contributed by atoms with Crippen LogP contribution in [0.5, 0.6) is 0 Å². The highest BCUT2D eigenvalue weighted by molar-refractivity contribution is 5.21. The van der Waals surface area contributed by atoms with Gasteiger partial charge in [-0.05, 0) is 26.8 Å². The Hall–Kier alpha value is -1.79. The standard InChI is InChI=1S/C18H23F2N3O/c1-12-9-22(11-17-13(2)21-24-14(17)3)6-7-23(12)10-15-4-5-16(19)8-18(15)20/h4-5,8,12H,6-7,9-11H2,1-3H3. The summed E-state index contributed by atoms with van der Waals surface area (Å²) in [5.41, 5.74) is 2.64. The number of hydrogen-bond donors (Lipinski definition) is 0. The van der Waals surface area contributed by atoms with Crippen molar-refractivity contribution in [2.24, 2.45) is 0 Å². The summed E-state index contributed by atoms with van der Waals surface area (Å²) < 4.78 is 32.1. The monoisotopic (exact) mass is 335 g/mol. The molecule has 4 nitrogen and oxygen atoms in total. The highest BCUT2D eigenvalue weighted by atomic mass is 19.1. The van der Waals surface area contributed by atoms with E-state index < -0.39 is 11.6 Å². The molecule has 1 saturated heterocycles. The first kappa shape index (κ1) is 17.0. The lowest BCUT2D eigenvalue weighted by Crippen LogP contribution is -2.51. The lowest BCUT2D eigenvalue weighted by Gasteiger charge is -2.40. The van der Waals surface area contributed by atoms with Crippen molar-refractivity contribution in [3.05, 3.63) is 52.4 Å². The molecule has 0 amide bonds. The molecule has 1 unspecified atom stereocenters. The van der Waals surface area contributed by atoms with Gasteiger partial charge in [0.25, 0.3) is 0 Å². The number of rotatable bonds is 4. The maximum absolute atomic E-state index is 13.9. The second-order valence-corrected chi connectivity index (χ2v) is 6.59. The number of aryl methyl sites for hydroxylation is 2. The topological polar surface area (TPSA) is 32.5 Å². The molecule has 3 rings (SSSR count).